The van der Waals surface area contributed by atoms with Crippen molar-refractivity contribution in [3.05, 3.63) is 46.4 Å². The number of carbonyl (C=O) groups excluding carboxylic acids is 2. The summed E-state index contributed by atoms with van der Waals surface area (Å²) in [6, 6.07) is 9.93. The van der Waals surface area contributed by atoms with E-state index in [-0.39, 0.29) is 11.5 Å². The number of methoxy groups -OCH3 is 2. The first-order valence-corrected chi connectivity index (χ1v) is 8.99. The van der Waals surface area contributed by atoms with E-state index in [1.165, 1.54) is 20.2 Å². The lowest BCUT2D eigenvalue weighted by Crippen LogP contribution is -2.34. The Morgan fingerprint density at radius 2 is 1.82 bits per heavy atom. The lowest BCUT2D eigenvalue weighted by molar-refractivity contribution is -0.131. The third-order valence-corrected chi connectivity index (χ3v) is 4.27. The largest absolute Gasteiger partial charge is 0.504 e. The van der Waals surface area contributed by atoms with Gasteiger partial charge in [-0.15, -0.1) is 0 Å². The predicted molar refractivity (Wildman–Crippen MR) is 109 cm³/mol. The van der Waals surface area contributed by atoms with E-state index in [9.17, 15) is 14.7 Å². The summed E-state index contributed by atoms with van der Waals surface area (Å²) in [5, 5.41) is 16.5. The van der Waals surface area contributed by atoms with Gasteiger partial charge in [0.15, 0.2) is 11.5 Å². The molecule has 1 atom stereocenters. The first kappa shape index (κ1) is 21.2. The SMILES string of the molecule is COc1ccc(NC(=O)C(C)C(=O)NN=Cc2cc(Br)cc(OC)c2O)cc1. The molecule has 0 aliphatic rings. The number of phenols is 1. The number of aromatic hydroxyl groups is 1. The minimum atomic E-state index is -0.982. The summed E-state index contributed by atoms with van der Waals surface area (Å²) in [7, 11) is 2.97. The quantitative estimate of drug-likeness (QED) is 0.342. The smallest absolute Gasteiger partial charge is 0.252 e. The van der Waals surface area contributed by atoms with Gasteiger partial charge < -0.3 is 19.9 Å². The number of halogens is 1. The molecule has 0 saturated heterocycles. The predicted octanol–water partition coefficient (Wildman–Crippen LogP) is 2.90. The Hall–Kier alpha value is -3.07. The fourth-order valence-electron chi connectivity index (χ4n) is 2.15. The molecule has 0 aliphatic heterocycles. The van der Waals surface area contributed by atoms with Gasteiger partial charge in [0.25, 0.3) is 5.91 Å². The molecule has 0 aromatic heterocycles. The molecule has 0 fully saturated rings. The molecule has 3 N–H and O–H groups in total. The Bertz CT molecular complexity index is 884. The molecule has 0 spiro atoms. The Balaban J connectivity index is 1.97. The highest BCUT2D eigenvalue weighted by molar-refractivity contribution is 9.10. The maximum absolute atomic E-state index is 12.2. The first-order chi connectivity index (χ1) is 13.3. The lowest BCUT2D eigenvalue weighted by Gasteiger charge is -2.11. The van der Waals surface area contributed by atoms with Crippen LogP contribution < -0.4 is 20.2 Å². The van der Waals surface area contributed by atoms with Crippen LogP contribution >= 0.6 is 15.9 Å². The number of ether oxygens (including phenoxy) is 2. The monoisotopic (exact) mass is 449 g/mol. The van der Waals surface area contributed by atoms with Crippen molar-refractivity contribution in [3.63, 3.8) is 0 Å². The van der Waals surface area contributed by atoms with Gasteiger partial charge >= 0.3 is 0 Å². The highest BCUT2D eigenvalue weighted by atomic mass is 79.9. The molecule has 2 aromatic rings. The van der Waals surface area contributed by atoms with Crippen LogP contribution in [-0.2, 0) is 9.59 Å². The number of carbonyl (C=O) groups is 2. The minimum absolute atomic E-state index is 0.117. The number of nitrogens with one attached hydrogen (secondary N) is 2. The normalized spacial score (nSPS) is 11.7. The minimum Gasteiger partial charge on any atom is -0.504 e. The average Bonchev–Trinajstić information content (AvgIpc) is 2.69. The van der Waals surface area contributed by atoms with Crippen LogP contribution in [0.5, 0.6) is 17.2 Å². The Morgan fingerprint density at radius 3 is 2.43 bits per heavy atom. The molecule has 148 valence electrons. The molecule has 0 heterocycles. The number of hydrogen-bond acceptors (Lipinski definition) is 6. The number of rotatable bonds is 7. The number of hydrogen-bond donors (Lipinski definition) is 3. The van der Waals surface area contributed by atoms with Gasteiger partial charge in [0, 0.05) is 15.7 Å². The summed E-state index contributed by atoms with van der Waals surface area (Å²) in [5.41, 5.74) is 3.16. The molecule has 1 unspecified atom stereocenters. The zero-order valence-electron chi connectivity index (χ0n) is 15.5. The van der Waals surface area contributed by atoms with Gasteiger partial charge in [-0.25, -0.2) is 5.43 Å². The fourth-order valence-corrected chi connectivity index (χ4v) is 2.61. The van der Waals surface area contributed by atoms with Gasteiger partial charge in [-0.3, -0.25) is 9.59 Å². The summed E-state index contributed by atoms with van der Waals surface area (Å²) in [5.74, 6) is -1.26. The van der Waals surface area contributed by atoms with Crippen molar-refractivity contribution in [1.82, 2.24) is 5.43 Å². The van der Waals surface area contributed by atoms with Crippen LogP contribution in [-0.4, -0.2) is 37.4 Å². The Morgan fingerprint density at radius 1 is 1.14 bits per heavy atom. The number of benzene rings is 2. The van der Waals surface area contributed by atoms with Gasteiger partial charge in [0.1, 0.15) is 11.7 Å². The van der Waals surface area contributed by atoms with Crippen molar-refractivity contribution in [2.24, 2.45) is 11.0 Å². The number of phenolic OH excluding ortho intramolecular Hbond substituents is 1. The molecule has 2 aromatic carbocycles. The van der Waals surface area contributed by atoms with Crippen molar-refractivity contribution in [1.29, 1.82) is 0 Å². The van der Waals surface area contributed by atoms with Crippen LogP contribution in [0.2, 0.25) is 0 Å². The van der Waals surface area contributed by atoms with Crippen molar-refractivity contribution < 1.29 is 24.2 Å². The molecule has 0 bridgehead atoms. The average molecular weight is 450 g/mol. The van der Waals surface area contributed by atoms with E-state index in [1.54, 1.807) is 43.5 Å². The molecule has 2 amide bonds. The van der Waals surface area contributed by atoms with E-state index in [0.29, 0.717) is 21.5 Å². The molecule has 0 aliphatic carbocycles. The highest BCUT2D eigenvalue weighted by Gasteiger charge is 2.21. The zero-order chi connectivity index (χ0) is 20.7. The van der Waals surface area contributed by atoms with Crippen LogP contribution in [0.25, 0.3) is 0 Å². The molecular weight excluding hydrogens is 430 g/mol. The van der Waals surface area contributed by atoms with Crippen molar-refractivity contribution >= 4 is 39.6 Å². The molecule has 9 heteroatoms. The third-order valence-electron chi connectivity index (χ3n) is 3.81. The van der Waals surface area contributed by atoms with E-state index < -0.39 is 17.7 Å². The van der Waals surface area contributed by atoms with Crippen LogP contribution in [0, 0.1) is 5.92 Å². The van der Waals surface area contributed by atoms with Gasteiger partial charge in [-0.2, -0.15) is 5.10 Å². The molecule has 2 rings (SSSR count). The van der Waals surface area contributed by atoms with Gasteiger partial charge in [0.2, 0.25) is 5.91 Å². The summed E-state index contributed by atoms with van der Waals surface area (Å²) in [6.45, 7) is 1.46. The van der Waals surface area contributed by atoms with Gasteiger partial charge in [0.05, 0.1) is 20.4 Å². The maximum Gasteiger partial charge on any atom is 0.252 e. The Kier molecular flexibility index (Phi) is 7.39. The first-order valence-electron chi connectivity index (χ1n) is 8.20. The van der Waals surface area contributed by atoms with E-state index in [1.807, 2.05) is 0 Å². The maximum atomic E-state index is 12.2. The molecule has 0 radical (unpaired) electrons. The van der Waals surface area contributed by atoms with Crippen molar-refractivity contribution in [3.8, 4) is 17.2 Å². The van der Waals surface area contributed by atoms with Crippen molar-refractivity contribution in [2.75, 3.05) is 19.5 Å². The van der Waals surface area contributed by atoms with E-state index >= 15 is 0 Å². The number of nitrogens with zero attached hydrogens (tertiary/aromatic N) is 1. The summed E-state index contributed by atoms with van der Waals surface area (Å²) in [6.07, 6.45) is 1.26. The topological polar surface area (TPSA) is 109 Å². The van der Waals surface area contributed by atoms with Crippen LogP contribution in [0.4, 0.5) is 5.69 Å². The number of amides is 2. The van der Waals surface area contributed by atoms with E-state index in [2.05, 4.69) is 31.8 Å². The second-order valence-corrected chi connectivity index (χ2v) is 6.64. The van der Waals surface area contributed by atoms with Gasteiger partial charge in [-0.1, -0.05) is 15.9 Å². The van der Waals surface area contributed by atoms with E-state index in [0.717, 1.165) is 0 Å². The second-order valence-electron chi connectivity index (χ2n) is 5.72. The van der Waals surface area contributed by atoms with Crippen LogP contribution in [0.15, 0.2) is 46.0 Å². The fraction of sp³-hybridized carbons (Fsp3) is 0.211. The van der Waals surface area contributed by atoms with E-state index in [4.69, 9.17) is 9.47 Å². The summed E-state index contributed by atoms with van der Waals surface area (Å²) < 4.78 is 10.8. The zero-order valence-corrected chi connectivity index (χ0v) is 17.1. The summed E-state index contributed by atoms with van der Waals surface area (Å²) in [4.78, 5) is 24.3. The van der Waals surface area contributed by atoms with Gasteiger partial charge in [-0.05, 0) is 43.3 Å². The number of hydrazone groups is 1. The highest BCUT2D eigenvalue weighted by Crippen LogP contribution is 2.32. The lowest BCUT2D eigenvalue weighted by atomic mass is 10.1. The molecule has 8 nitrogen and oxygen atoms in total. The Labute approximate surface area is 170 Å². The van der Waals surface area contributed by atoms with Crippen LogP contribution in [0.3, 0.4) is 0 Å². The molecule has 28 heavy (non-hydrogen) atoms. The van der Waals surface area contributed by atoms with Crippen molar-refractivity contribution in [2.45, 2.75) is 6.92 Å². The molecule has 0 saturated carbocycles. The standard InChI is InChI=1S/C19H20BrN3O5/c1-11(18(25)22-14-4-6-15(27-2)7-5-14)19(26)23-21-10-12-8-13(20)9-16(28-3)17(12)24/h4-11,24H,1-3H3,(H,22,25)(H,23,26). The summed E-state index contributed by atoms with van der Waals surface area (Å²) >= 11 is 3.29. The van der Waals surface area contributed by atoms with Crippen LogP contribution in [0.1, 0.15) is 12.5 Å². The number of anilines is 1. The third kappa shape index (κ3) is 5.46. The molecular formula is C19H20BrN3O5. The second kappa shape index (κ2) is 9.75.